The van der Waals surface area contributed by atoms with Crippen molar-refractivity contribution in [3.63, 3.8) is 0 Å². The minimum atomic E-state index is 0.00926. The van der Waals surface area contributed by atoms with Gasteiger partial charge in [-0.2, -0.15) is 5.26 Å². The van der Waals surface area contributed by atoms with Gasteiger partial charge in [-0.15, -0.1) is 11.6 Å². The van der Waals surface area contributed by atoms with Gasteiger partial charge in [0.15, 0.2) is 0 Å². The van der Waals surface area contributed by atoms with Gasteiger partial charge in [-0.25, -0.2) is 0 Å². The third kappa shape index (κ3) is 3.78. The van der Waals surface area contributed by atoms with Crippen molar-refractivity contribution in [2.45, 2.75) is 18.7 Å². The highest BCUT2D eigenvalue weighted by atomic mass is 35.5. The summed E-state index contributed by atoms with van der Waals surface area (Å²) in [5.41, 5.74) is 0. The molecule has 6 heavy (non-hydrogen) atoms. The molecule has 0 fully saturated rings. The summed E-state index contributed by atoms with van der Waals surface area (Å²) in [6, 6.07) is 1.94. The molecule has 0 spiro atoms. The molecule has 0 radical (unpaired) electrons. The van der Waals surface area contributed by atoms with Crippen LogP contribution in [0.2, 0.25) is 0 Å². The fourth-order valence-corrected chi connectivity index (χ4v) is 0.195. The number of nitriles is 1. The Kier molecular flexibility index (Phi) is 2.88. The van der Waals surface area contributed by atoms with E-state index >= 15 is 0 Å². The zero-order chi connectivity index (χ0) is 4.99. The quantitative estimate of drug-likeness (QED) is 0.462. The van der Waals surface area contributed by atoms with Crippen LogP contribution in [-0.4, -0.2) is 5.38 Å². The molecule has 1 atom stereocenters. The Morgan fingerprint density at radius 3 is 2.50 bits per heavy atom. The van der Waals surface area contributed by atoms with Crippen molar-refractivity contribution in [3.8, 4) is 6.07 Å². The van der Waals surface area contributed by atoms with E-state index in [4.69, 9.17) is 16.9 Å². The van der Waals surface area contributed by atoms with Crippen LogP contribution in [0.3, 0.4) is 0 Å². The number of halogens is 1. The van der Waals surface area contributed by atoms with Crippen LogP contribution in [0.5, 0.6) is 0 Å². The number of nitrogens with zero attached hydrogens (tertiary/aromatic N) is 1. The molecule has 0 saturated carbocycles. The average Bonchev–Trinajstić information content (AvgIpc) is 1.35. The van der Waals surface area contributed by atoms with Crippen molar-refractivity contribution in [2.75, 3.05) is 0 Å². The molecular weight excluding hydrogens is 97.5 g/mol. The molecule has 0 aromatic heterocycles. The summed E-state index contributed by atoms with van der Waals surface area (Å²) in [7, 11) is 0. The average molecular weight is 104 g/mol. The second-order valence-corrected chi connectivity index (χ2v) is 1.89. The Bertz CT molecular complexity index is 62.4. The first-order chi connectivity index (χ1) is 2.77. The molecule has 0 N–H and O–H groups in total. The molecule has 0 bridgehead atoms. The van der Waals surface area contributed by atoms with Crippen molar-refractivity contribution < 1.29 is 0 Å². The fourth-order valence-electron chi connectivity index (χ4n) is 0.126. The van der Waals surface area contributed by atoms with Crippen LogP contribution in [0.25, 0.3) is 0 Å². The van der Waals surface area contributed by atoms with Crippen molar-refractivity contribution in [2.24, 2.45) is 0 Å². The maximum Gasteiger partial charge on any atom is 0.0637 e. The summed E-state index contributed by atoms with van der Waals surface area (Å²) in [6.45, 7) is 1.80. The van der Waals surface area contributed by atoms with Gasteiger partial charge in [-0.1, -0.05) is 0 Å². The van der Waals surface area contributed by atoms with E-state index in [1.807, 2.05) is 6.07 Å². The number of hydrogen-bond acceptors (Lipinski definition) is 1. The summed E-state index contributed by atoms with van der Waals surface area (Å²) in [5.74, 6) is 0. The molecule has 0 aliphatic carbocycles. The predicted molar refractivity (Wildman–Crippen MR) is 25.5 cm³/mol. The molecule has 0 aliphatic rings. The first-order valence-corrected chi connectivity index (χ1v) is 2.22. The summed E-state index contributed by atoms with van der Waals surface area (Å²) >= 11 is 5.36. The van der Waals surface area contributed by atoms with Crippen molar-refractivity contribution in [1.29, 1.82) is 5.26 Å². The van der Waals surface area contributed by atoms with E-state index in [1.165, 1.54) is 0 Å². The van der Waals surface area contributed by atoms with E-state index in [-0.39, 0.29) is 5.38 Å². The van der Waals surface area contributed by atoms with Gasteiger partial charge >= 0.3 is 0 Å². The van der Waals surface area contributed by atoms with Crippen molar-refractivity contribution in [3.05, 3.63) is 0 Å². The monoisotopic (exact) mass is 103 g/mol. The van der Waals surface area contributed by atoms with Gasteiger partial charge in [-0.3, -0.25) is 0 Å². The molecule has 0 unspecified atom stereocenters. The first-order valence-electron chi connectivity index (χ1n) is 1.78. The highest BCUT2D eigenvalue weighted by Gasteiger charge is 1.88. The zero-order valence-electron chi connectivity index (χ0n) is 3.61. The lowest BCUT2D eigenvalue weighted by atomic mass is 10.4. The molecule has 34 valence electrons. The lowest BCUT2D eigenvalue weighted by Gasteiger charge is -1.85. The van der Waals surface area contributed by atoms with Gasteiger partial charge in [0.05, 0.1) is 12.5 Å². The zero-order valence-corrected chi connectivity index (χ0v) is 4.37. The molecule has 1 nitrogen and oxygen atoms in total. The van der Waals surface area contributed by atoms with Crippen LogP contribution in [0.4, 0.5) is 0 Å². The van der Waals surface area contributed by atoms with Crippen LogP contribution < -0.4 is 0 Å². The molecule has 0 aromatic rings. The first kappa shape index (κ1) is 5.78. The summed E-state index contributed by atoms with van der Waals surface area (Å²) in [4.78, 5) is 0. The SMILES string of the molecule is C[C@H](Cl)CC#N. The van der Waals surface area contributed by atoms with Gasteiger partial charge in [0.1, 0.15) is 0 Å². The van der Waals surface area contributed by atoms with Gasteiger partial charge in [-0.05, 0) is 6.92 Å². The number of alkyl halides is 1. The van der Waals surface area contributed by atoms with E-state index in [0.717, 1.165) is 0 Å². The highest BCUT2D eigenvalue weighted by Crippen LogP contribution is 1.95. The van der Waals surface area contributed by atoms with Gasteiger partial charge in [0, 0.05) is 5.38 Å². The summed E-state index contributed by atoms with van der Waals surface area (Å²) < 4.78 is 0. The third-order valence-electron chi connectivity index (χ3n) is 0.373. The van der Waals surface area contributed by atoms with E-state index in [2.05, 4.69) is 0 Å². The third-order valence-corrected chi connectivity index (χ3v) is 0.527. The summed E-state index contributed by atoms with van der Waals surface area (Å²) in [6.07, 6.45) is 0.446. The van der Waals surface area contributed by atoms with Crippen molar-refractivity contribution >= 4 is 11.6 Å². The topological polar surface area (TPSA) is 23.8 Å². The minimum absolute atomic E-state index is 0.00926. The fraction of sp³-hybridized carbons (Fsp3) is 0.750. The van der Waals surface area contributed by atoms with E-state index in [9.17, 15) is 0 Å². The molecule has 0 heterocycles. The van der Waals surface area contributed by atoms with E-state index < -0.39 is 0 Å². The smallest absolute Gasteiger partial charge is 0.0637 e. The molecule has 0 rings (SSSR count). The van der Waals surface area contributed by atoms with Crippen LogP contribution in [0.1, 0.15) is 13.3 Å². The lowest BCUT2D eigenvalue weighted by molar-refractivity contribution is 0.978. The van der Waals surface area contributed by atoms with E-state index in [0.29, 0.717) is 6.42 Å². The normalized spacial score (nSPS) is 12.8. The molecule has 0 aliphatic heterocycles. The Labute approximate surface area is 42.5 Å². The lowest BCUT2D eigenvalue weighted by Crippen LogP contribution is -1.83. The maximum absolute atomic E-state index is 7.90. The highest BCUT2D eigenvalue weighted by molar-refractivity contribution is 6.20. The molecular formula is C4H6ClN. The van der Waals surface area contributed by atoms with Crippen LogP contribution >= 0.6 is 11.6 Å². The Hall–Kier alpha value is -0.220. The van der Waals surface area contributed by atoms with Gasteiger partial charge < -0.3 is 0 Å². The Morgan fingerprint density at radius 1 is 2.00 bits per heavy atom. The second-order valence-electron chi connectivity index (χ2n) is 1.14. The van der Waals surface area contributed by atoms with Gasteiger partial charge in [0.25, 0.3) is 0 Å². The van der Waals surface area contributed by atoms with E-state index in [1.54, 1.807) is 6.92 Å². The predicted octanol–water partition coefficient (Wildman–Crippen LogP) is 1.53. The van der Waals surface area contributed by atoms with Crippen LogP contribution in [-0.2, 0) is 0 Å². The van der Waals surface area contributed by atoms with Crippen LogP contribution in [0.15, 0.2) is 0 Å². The second kappa shape index (κ2) is 2.99. The Morgan fingerprint density at radius 2 is 2.50 bits per heavy atom. The maximum atomic E-state index is 7.90. The van der Waals surface area contributed by atoms with Gasteiger partial charge in [0.2, 0.25) is 0 Å². The molecule has 0 saturated heterocycles. The van der Waals surface area contributed by atoms with Crippen molar-refractivity contribution in [1.82, 2.24) is 0 Å². The Balaban J connectivity index is 2.88. The minimum Gasteiger partial charge on any atom is -0.198 e. The number of rotatable bonds is 1. The number of hydrogen-bond donors (Lipinski definition) is 0. The standard InChI is InChI=1S/C4H6ClN/c1-4(5)2-3-6/h4H,2H2,1H3/t4-/m0/s1. The molecule has 0 amide bonds. The molecule has 0 aromatic carbocycles. The summed E-state index contributed by atoms with van der Waals surface area (Å²) in [5, 5.41) is 7.91. The molecule has 2 heteroatoms. The largest absolute Gasteiger partial charge is 0.198 e. The van der Waals surface area contributed by atoms with Crippen LogP contribution in [0, 0.1) is 11.3 Å².